The number of aryl methyl sites for hydroxylation is 1. The first-order chi connectivity index (χ1) is 11.6. The Balaban J connectivity index is 1.51. The van der Waals surface area contributed by atoms with Crippen LogP contribution in [0.15, 0.2) is 59.6 Å². The van der Waals surface area contributed by atoms with Gasteiger partial charge in [0.1, 0.15) is 6.10 Å². The summed E-state index contributed by atoms with van der Waals surface area (Å²) in [4.78, 5) is 14.9. The number of benzene rings is 2. The van der Waals surface area contributed by atoms with Gasteiger partial charge in [0.25, 0.3) is 5.69 Å². The lowest BCUT2D eigenvalue weighted by Crippen LogP contribution is -2.10. The summed E-state index contributed by atoms with van der Waals surface area (Å²) < 4.78 is 6.01. The molecule has 5 nitrogen and oxygen atoms in total. The van der Waals surface area contributed by atoms with Crippen molar-refractivity contribution in [2.24, 2.45) is 4.99 Å². The Morgan fingerprint density at radius 2 is 1.79 bits per heavy atom. The number of ether oxygens (including phenoxy) is 1. The Bertz CT molecular complexity index is 726. The highest BCUT2D eigenvalue weighted by molar-refractivity contribution is 5.78. The van der Waals surface area contributed by atoms with Crippen molar-refractivity contribution < 1.29 is 9.66 Å². The molecule has 0 amide bonds. The second-order valence-electron chi connectivity index (χ2n) is 5.99. The van der Waals surface area contributed by atoms with E-state index in [-0.39, 0.29) is 22.8 Å². The van der Waals surface area contributed by atoms with Crippen molar-refractivity contribution in [1.82, 2.24) is 0 Å². The van der Waals surface area contributed by atoms with E-state index in [4.69, 9.17) is 4.74 Å². The summed E-state index contributed by atoms with van der Waals surface area (Å²) in [6, 6.07) is 17.0. The maximum absolute atomic E-state index is 10.7. The van der Waals surface area contributed by atoms with Crippen molar-refractivity contribution in [1.29, 1.82) is 0 Å². The molecule has 0 aromatic heterocycles. The number of rotatable bonds is 6. The molecule has 1 aliphatic heterocycles. The molecule has 2 aromatic rings. The fraction of sp³-hybridized carbons (Fsp3) is 0.316. The fourth-order valence-electron chi connectivity index (χ4n) is 2.91. The van der Waals surface area contributed by atoms with E-state index in [0.29, 0.717) is 0 Å². The molecule has 0 aliphatic carbocycles. The Hall–Kier alpha value is -2.69. The van der Waals surface area contributed by atoms with E-state index in [1.807, 2.05) is 30.3 Å². The van der Waals surface area contributed by atoms with Crippen molar-refractivity contribution in [3.63, 3.8) is 0 Å². The molecule has 1 heterocycles. The number of non-ortho nitro benzene ring substituents is 1. The minimum Gasteiger partial charge on any atom is -0.471 e. The summed E-state index contributed by atoms with van der Waals surface area (Å²) in [7, 11) is 0. The van der Waals surface area contributed by atoms with Gasteiger partial charge >= 0.3 is 0 Å². The van der Waals surface area contributed by atoms with Crippen LogP contribution in [0.25, 0.3) is 0 Å². The zero-order valence-electron chi connectivity index (χ0n) is 13.6. The molecule has 0 fully saturated rings. The highest BCUT2D eigenvalue weighted by atomic mass is 16.6. The lowest BCUT2D eigenvalue weighted by atomic mass is 10.0. The summed E-state index contributed by atoms with van der Waals surface area (Å²) in [5.74, 6) is 0.804. The van der Waals surface area contributed by atoms with Crippen LogP contribution in [0.5, 0.6) is 0 Å². The second kappa shape index (κ2) is 7.25. The molecule has 1 aliphatic rings. The van der Waals surface area contributed by atoms with Crippen molar-refractivity contribution in [2.75, 3.05) is 0 Å². The first-order valence-electron chi connectivity index (χ1n) is 8.15. The number of nitrogens with zero attached hydrogens (tertiary/aromatic N) is 2. The molecule has 124 valence electrons. The highest BCUT2D eigenvalue weighted by Crippen LogP contribution is 2.30. The Morgan fingerprint density at radius 1 is 1.08 bits per heavy atom. The third-order valence-electron chi connectivity index (χ3n) is 4.18. The molecule has 2 atom stereocenters. The van der Waals surface area contributed by atoms with Crippen LogP contribution in [-0.2, 0) is 11.2 Å². The van der Waals surface area contributed by atoms with Gasteiger partial charge in [-0.1, -0.05) is 42.5 Å². The Kier molecular flexibility index (Phi) is 4.89. The number of aliphatic imine (C=N–C) groups is 1. The molecule has 0 spiro atoms. The number of nitro groups is 1. The van der Waals surface area contributed by atoms with Crippen LogP contribution in [0.3, 0.4) is 0 Å². The summed E-state index contributed by atoms with van der Waals surface area (Å²) in [6.07, 6.45) is 2.54. The quantitative estimate of drug-likeness (QED) is 0.581. The van der Waals surface area contributed by atoms with Crippen LogP contribution in [-0.4, -0.2) is 16.9 Å². The minimum absolute atomic E-state index is 0.000532. The fourth-order valence-corrected chi connectivity index (χ4v) is 2.91. The topological polar surface area (TPSA) is 64.7 Å². The van der Waals surface area contributed by atoms with Gasteiger partial charge in [0, 0.05) is 18.6 Å². The summed E-state index contributed by atoms with van der Waals surface area (Å²) in [5, 5.41) is 10.7. The molecule has 0 saturated carbocycles. The molecular weight excluding hydrogens is 304 g/mol. The van der Waals surface area contributed by atoms with Gasteiger partial charge < -0.3 is 4.74 Å². The van der Waals surface area contributed by atoms with E-state index in [0.717, 1.165) is 36.3 Å². The largest absolute Gasteiger partial charge is 0.471 e. The third kappa shape index (κ3) is 3.79. The van der Waals surface area contributed by atoms with Crippen LogP contribution in [0.1, 0.15) is 37.0 Å². The molecule has 3 rings (SSSR count). The number of nitro benzene ring substituents is 1. The molecule has 0 unspecified atom stereocenters. The van der Waals surface area contributed by atoms with Gasteiger partial charge in [0.15, 0.2) is 5.90 Å². The van der Waals surface area contributed by atoms with Gasteiger partial charge in [0.05, 0.1) is 11.0 Å². The first kappa shape index (κ1) is 16.2. The van der Waals surface area contributed by atoms with Gasteiger partial charge in [-0.05, 0) is 30.9 Å². The maximum Gasteiger partial charge on any atom is 0.269 e. The van der Waals surface area contributed by atoms with Crippen molar-refractivity contribution in [3.05, 3.63) is 75.8 Å². The first-order valence-corrected chi connectivity index (χ1v) is 8.15. The van der Waals surface area contributed by atoms with Gasteiger partial charge in [0.2, 0.25) is 0 Å². The molecule has 0 saturated heterocycles. The average molecular weight is 324 g/mol. The lowest BCUT2D eigenvalue weighted by Gasteiger charge is -2.15. The van der Waals surface area contributed by atoms with E-state index < -0.39 is 0 Å². The normalized spacial score (nSPS) is 19.6. The predicted molar refractivity (Wildman–Crippen MR) is 93.2 cm³/mol. The summed E-state index contributed by atoms with van der Waals surface area (Å²) >= 11 is 0. The molecule has 2 aromatic carbocycles. The molecular formula is C19H20N2O3. The van der Waals surface area contributed by atoms with Crippen molar-refractivity contribution in [3.8, 4) is 0 Å². The predicted octanol–water partition coefficient (Wildman–Crippen LogP) is 4.48. The van der Waals surface area contributed by atoms with E-state index >= 15 is 0 Å². The zero-order chi connectivity index (χ0) is 16.9. The van der Waals surface area contributed by atoms with Gasteiger partial charge in [-0.25, -0.2) is 4.99 Å². The second-order valence-corrected chi connectivity index (χ2v) is 5.99. The van der Waals surface area contributed by atoms with Crippen LogP contribution >= 0.6 is 0 Å². The zero-order valence-corrected chi connectivity index (χ0v) is 13.6. The standard InChI is InChI=1S/C19H20N2O3/c1-14-19(16-7-3-2-4-8-16)24-18(20-14)9-5-6-15-10-12-17(13-11-15)21(22)23/h2-4,7-8,10-14,19H,5-6,9H2,1H3/t14-,19+/m1/s1. The van der Waals surface area contributed by atoms with Crippen LogP contribution in [0.2, 0.25) is 0 Å². The van der Waals surface area contributed by atoms with E-state index in [2.05, 4.69) is 24.0 Å². The highest BCUT2D eigenvalue weighted by Gasteiger charge is 2.28. The van der Waals surface area contributed by atoms with Gasteiger partial charge in [-0.15, -0.1) is 0 Å². The Morgan fingerprint density at radius 3 is 2.46 bits per heavy atom. The Labute approximate surface area is 141 Å². The smallest absolute Gasteiger partial charge is 0.269 e. The molecule has 0 bridgehead atoms. The van der Waals surface area contributed by atoms with Crippen LogP contribution in [0, 0.1) is 10.1 Å². The van der Waals surface area contributed by atoms with E-state index in [1.54, 1.807) is 12.1 Å². The van der Waals surface area contributed by atoms with Crippen molar-refractivity contribution >= 4 is 11.6 Å². The van der Waals surface area contributed by atoms with Gasteiger partial charge in [-0.3, -0.25) is 10.1 Å². The minimum atomic E-state index is -0.379. The van der Waals surface area contributed by atoms with Crippen LogP contribution < -0.4 is 0 Å². The van der Waals surface area contributed by atoms with Gasteiger partial charge in [-0.2, -0.15) is 0 Å². The maximum atomic E-state index is 10.7. The third-order valence-corrected chi connectivity index (χ3v) is 4.18. The van der Waals surface area contributed by atoms with Crippen molar-refractivity contribution in [2.45, 2.75) is 38.3 Å². The SMILES string of the molecule is C[C@H]1N=C(CCCc2ccc([N+](=O)[O-])cc2)O[C@@H]1c1ccccc1. The molecule has 0 radical (unpaired) electrons. The molecule has 5 heteroatoms. The number of hydrogen-bond acceptors (Lipinski definition) is 4. The number of hydrogen-bond donors (Lipinski definition) is 0. The molecule has 24 heavy (non-hydrogen) atoms. The van der Waals surface area contributed by atoms with E-state index in [1.165, 1.54) is 0 Å². The van der Waals surface area contributed by atoms with Crippen LogP contribution in [0.4, 0.5) is 5.69 Å². The summed E-state index contributed by atoms with van der Waals surface area (Å²) in [5.41, 5.74) is 2.37. The monoisotopic (exact) mass is 324 g/mol. The van der Waals surface area contributed by atoms with E-state index in [9.17, 15) is 10.1 Å². The summed E-state index contributed by atoms with van der Waals surface area (Å²) in [6.45, 7) is 2.07. The average Bonchev–Trinajstić information content (AvgIpc) is 2.97. The molecule has 0 N–H and O–H groups in total. The lowest BCUT2D eigenvalue weighted by molar-refractivity contribution is -0.384.